The minimum Gasteiger partial charge on any atom is -0.449 e. The number of carbonyl (C=O) groups excluding carboxylic acids is 2. The van der Waals surface area contributed by atoms with Crippen molar-refractivity contribution in [2.24, 2.45) is 5.92 Å². The molecule has 2 heterocycles. The van der Waals surface area contributed by atoms with Crippen molar-refractivity contribution in [3.8, 4) is 0 Å². The number of rotatable bonds is 3. The number of anilines is 1. The van der Waals surface area contributed by atoms with Gasteiger partial charge >= 0.3 is 0 Å². The Morgan fingerprint density at radius 3 is 2.46 bits per heavy atom. The summed E-state index contributed by atoms with van der Waals surface area (Å²) in [5, 5.41) is 4.30. The Balaban J connectivity index is 1.42. The molecule has 1 saturated heterocycles. The molecule has 144 valence electrons. The van der Waals surface area contributed by atoms with Gasteiger partial charge in [0.05, 0.1) is 5.02 Å². The number of para-hydroxylation sites is 2. The minimum atomic E-state index is -0.147. The molecule has 0 saturated carbocycles. The third kappa shape index (κ3) is 3.50. The van der Waals surface area contributed by atoms with Gasteiger partial charge in [0.25, 0.3) is 5.91 Å². The van der Waals surface area contributed by atoms with Crippen molar-refractivity contribution in [2.45, 2.75) is 19.8 Å². The zero-order valence-electron chi connectivity index (χ0n) is 15.6. The Bertz CT molecular complexity index is 1020. The highest BCUT2D eigenvalue weighted by Crippen LogP contribution is 2.32. The smallest absolute Gasteiger partial charge is 0.289 e. The van der Waals surface area contributed by atoms with Gasteiger partial charge in [-0.1, -0.05) is 41.9 Å². The number of amides is 2. The Morgan fingerprint density at radius 1 is 1.07 bits per heavy atom. The van der Waals surface area contributed by atoms with Crippen molar-refractivity contribution >= 4 is 40.1 Å². The molecule has 2 amide bonds. The van der Waals surface area contributed by atoms with Gasteiger partial charge in [-0.25, -0.2) is 0 Å². The van der Waals surface area contributed by atoms with Gasteiger partial charge in [-0.2, -0.15) is 0 Å². The predicted molar refractivity (Wildman–Crippen MR) is 110 cm³/mol. The van der Waals surface area contributed by atoms with E-state index in [0.29, 0.717) is 42.3 Å². The summed E-state index contributed by atoms with van der Waals surface area (Å²) in [6.45, 7) is 2.92. The first-order chi connectivity index (χ1) is 13.5. The van der Waals surface area contributed by atoms with Crippen molar-refractivity contribution in [2.75, 3.05) is 18.4 Å². The number of hydrogen-bond acceptors (Lipinski definition) is 3. The lowest BCUT2D eigenvalue weighted by Gasteiger charge is -2.31. The first-order valence-corrected chi connectivity index (χ1v) is 9.75. The number of aryl methyl sites for hydroxylation is 1. The van der Waals surface area contributed by atoms with Gasteiger partial charge in [0.1, 0.15) is 0 Å². The van der Waals surface area contributed by atoms with Crippen molar-refractivity contribution in [1.82, 2.24) is 4.90 Å². The molecule has 1 N–H and O–H groups in total. The Kier molecular flexibility index (Phi) is 5.09. The Hall–Kier alpha value is -2.79. The number of carbonyl (C=O) groups is 2. The normalized spacial score (nSPS) is 15.0. The van der Waals surface area contributed by atoms with E-state index < -0.39 is 0 Å². The van der Waals surface area contributed by atoms with Crippen LogP contribution in [0.2, 0.25) is 5.02 Å². The van der Waals surface area contributed by atoms with Crippen molar-refractivity contribution in [3.05, 3.63) is 64.9 Å². The van der Waals surface area contributed by atoms with Crippen LogP contribution in [0.25, 0.3) is 11.0 Å². The summed E-state index contributed by atoms with van der Waals surface area (Å²) in [7, 11) is 0. The van der Waals surface area contributed by atoms with E-state index in [1.807, 2.05) is 49.4 Å². The van der Waals surface area contributed by atoms with Gasteiger partial charge < -0.3 is 14.6 Å². The first kappa shape index (κ1) is 18.6. The fourth-order valence-electron chi connectivity index (χ4n) is 3.67. The summed E-state index contributed by atoms with van der Waals surface area (Å²) in [6.07, 6.45) is 1.26. The number of benzene rings is 2. The summed E-state index contributed by atoms with van der Waals surface area (Å²) in [6, 6.07) is 14.9. The number of likely N-dealkylation sites (tertiary alicyclic amines) is 1. The molecule has 1 aromatic heterocycles. The van der Waals surface area contributed by atoms with E-state index >= 15 is 0 Å². The average molecular weight is 397 g/mol. The maximum atomic E-state index is 13.0. The van der Waals surface area contributed by atoms with E-state index in [2.05, 4.69) is 5.32 Å². The molecule has 0 radical (unpaired) electrons. The summed E-state index contributed by atoms with van der Waals surface area (Å²) >= 11 is 6.19. The molecule has 0 bridgehead atoms. The van der Waals surface area contributed by atoms with E-state index in [1.54, 1.807) is 11.0 Å². The molecule has 2 aromatic carbocycles. The second kappa shape index (κ2) is 7.68. The molecule has 0 spiro atoms. The lowest BCUT2D eigenvalue weighted by Crippen LogP contribution is -2.41. The van der Waals surface area contributed by atoms with Crippen LogP contribution in [0.4, 0.5) is 5.69 Å². The van der Waals surface area contributed by atoms with Gasteiger partial charge in [-0.15, -0.1) is 0 Å². The maximum absolute atomic E-state index is 13.0. The lowest BCUT2D eigenvalue weighted by molar-refractivity contribution is -0.121. The molecule has 1 aliphatic heterocycles. The van der Waals surface area contributed by atoms with Gasteiger partial charge in [0.2, 0.25) is 5.91 Å². The third-order valence-corrected chi connectivity index (χ3v) is 5.60. The number of piperidine rings is 1. The van der Waals surface area contributed by atoms with Crippen LogP contribution in [-0.4, -0.2) is 29.8 Å². The molecule has 5 nitrogen and oxygen atoms in total. The molecular weight excluding hydrogens is 376 g/mol. The van der Waals surface area contributed by atoms with Crippen LogP contribution in [0.5, 0.6) is 0 Å². The molecule has 1 aliphatic rings. The molecule has 0 aliphatic carbocycles. The van der Waals surface area contributed by atoms with Crippen LogP contribution in [0, 0.1) is 12.8 Å². The summed E-state index contributed by atoms with van der Waals surface area (Å²) < 4.78 is 5.80. The topological polar surface area (TPSA) is 62.6 Å². The molecule has 0 unspecified atom stereocenters. The molecule has 0 atom stereocenters. The predicted octanol–water partition coefficient (Wildman–Crippen LogP) is 4.89. The highest BCUT2D eigenvalue weighted by atomic mass is 35.5. The number of halogens is 1. The van der Waals surface area contributed by atoms with E-state index in [-0.39, 0.29) is 17.7 Å². The van der Waals surface area contributed by atoms with Gasteiger partial charge in [0, 0.05) is 35.6 Å². The summed E-state index contributed by atoms with van der Waals surface area (Å²) in [5.74, 6) is 0.0856. The molecule has 28 heavy (non-hydrogen) atoms. The van der Waals surface area contributed by atoms with Gasteiger partial charge in [-0.05, 0) is 38.0 Å². The molecule has 1 fully saturated rings. The molecular formula is C22H21ClN2O3. The summed E-state index contributed by atoms with van der Waals surface area (Å²) in [5.41, 5.74) is 2.13. The highest BCUT2D eigenvalue weighted by molar-refractivity contribution is 6.35. The van der Waals surface area contributed by atoms with Gasteiger partial charge in [0.15, 0.2) is 11.3 Å². The average Bonchev–Trinajstić information content (AvgIpc) is 3.06. The molecule has 4 rings (SSSR count). The fourth-order valence-corrected chi connectivity index (χ4v) is 3.88. The van der Waals surface area contributed by atoms with E-state index in [1.165, 1.54) is 0 Å². The zero-order chi connectivity index (χ0) is 19.7. The molecule has 6 heteroatoms. The maximum Gasteiger partial charge on any atom is 0.289 e. The fraction of sp³-hybridized carbons (Fsp3) is 0.273. The second-order valence-electron chi connectivity index (χ2n) is 7.09. The number of hydrogen-bond donors (Lipinski definition) is 1. The van der Waals surface area contributed by atoms with Crippen molar-refractivity contribution < 1.29 is 14.0 Å². The quantitative estimate of drug-likeness (QED) is 0.685. The SMILES string of the molecule is Cc1c(C(=O)N2CCC(C(=O)Nc3ccccc3)CC2)oc2c(Cl)cccc12. The number of nitrogens with one attached hydrogen (secondary N) is 1. The van der Waals surface area contributed by atoms with Crippen LogP contribution >= 0.6 is 11.6 Å². The largest absolute Gasteiger partial charge is 0.449 e. The third-order valence-electron chi connectivity index (χ3n) is 5.30. The number of furan rings is 1. The monoisotopic (exact) mass is 396 g/mol. The first-order valence-electron chi connectivity index (χ1n) is 9.37. The summed E-state index contributed by atoms with van der Waals surface area (Å²) in [4.78, 5) is 27.2. The Morgan fingerprint density at radius 2 is 1.79 bits per heavy atom. The number of fused-ring (bicyclic) bond motifs is 1. The number of nitrogens with zero attached hydrogens (tertiary/aromatic N) is 1. The van der Waals surface area contributed by atoms with Gasteiger partial charge in [-0.3, -0.25) is 9.59 Å². The second-order valence-corrected chi connectivity index (χ2v) is 7.50. The van der Waals surface area contributed by atoms with Crippen molar-refractivity contribution in [1.29, 1.82) is 0 Å². The van der Waals surface area contributed by atoms with Crippen LogP contribution in [0.3, 0.4) is 0 Å². The lowest BCUT2D eigenvalue weighted by atomic mass is 9.95. The Labute approximate surface area is 168 Å². The van der Waals surface area contributed by atoms with E-state index in [0.717, 1.165) is 16.6 Å². The van der Waals surface area contributed by atoms with Crippen LogP contribution < -0.4 is 5.32 Å². The minimum absolute atomic E-state index is 0.00463. The van der Waals surface area contributed by atoms with Crippen LogP contribution in [0.1, 0.15) is 29.0 Å². The highest BCUT2D eigenvalue weighted by Gasteiger charge is 2.30. The standard InChI is InChI=1S/C22H21ClN2O3/c1-14-17-8-5-9-18(23)20(17)28-19(14)22(27)25-12-10-15(11-13-25)21(26)24-16-6-3-2-4-7-16/h2-9,15H,10-13H2,1H3,(H,24,26). The molecule has 3 aromatic rings. The zero-order valence-corrected chi connectivity index (χ0v) is 16.3. The van der Waals surface area contributed by atoms with Crippen molar-refractivity contribution in [3.63, 3.8) is 0 Å². The van der Waals surface area contributed by atoms with Crippen LogP contribution in [0.15, 0.2) is 52.9 Å². The van der Waals surface area contributed by atoms with Crippen LogP contribution in [-0.2, 0) is 4.79 Å². The van der Waals surface area contributed by atoms with E-state index in [9.17, 15) is 9.59 Å². The van der Waals surface area contributed by atoms with E-state index in [4.69, 9.17) is 16.0 Å².